The van der Waals surface area contributed by atoms with Gasteiger partial charge in [-0.2, -0.15) is 0 Å². The zero-order chi connectivity index (χ0) is 21.5. The average molecular weight is 390 g/mol. The van der Waals surface area contributed by atoms with Crippen molar-refractivity contribution in [1.29, 1.82) is 0 Å². The molecule has 1 aromatic heterocycles. The van der Waals surface area contributed by atoms with Gasteiger partial charge in [0.1, 0.15) is 12.4 Å². The molecule has 0 aliphatic rings. The van der Waals surface area contributed by atoms with Gasteiger partial charge in [0.05, 0.1) is 30.3 Å². The van der Waals surface area contributed by atoms with Crippen molar-refractivity contribution in [3.8, 4) is 0 Å². The van der Waals surface area contributed by atoms with Gasteiger partial charge in [0.2, 0.25) is 0 Å². The van der Waals surface area contributed by atoms with E-state index in [1.54, 1.807) is 34.1 Å². The van der Waals surface area contributed by atoms with Gasteiger partial charge in [-0.1, -0.05) is 6.92 Å². The summed E-state index contributed by atoms with van der Waals surface area (Å²) in [6, 6.07) is 0. The first-order valence-electron chi connectivity index (χ1n) is 9.01. The van der Waals surface area contributed by atoms with Gasteiger partial charge in [-0.05, 0) is 54.9 Å². The summed E-state index contributed by atoms with van der Waals surface area (Å²) in [7, 11) is 1.70. The number of rotatable bonds is 5. The lowest BCUT2D eigenvalue weighted by molar-refractivity contribution is -0.0346. The van der Waals surface area contributed by atoms with Crippen molar-refractivity contribution in [2.45, 2.75) is 79.6 Å². The highest BCUT2D eigenvalue weighted by Crippen LogP contribution is 2.09. The van der Waals surface area contributed by atoms with Gasteiger partial charge in [-0.15, -0.1) is 0 Å². The SMILES string of the molecule is CC(C)OCO.CCc1cnc(NC(=O)OC(C)(C)C)cn1.COC(C)C.[HH]. The van der Waals surface area contributed by atoms with Crippen molar-refractivity contribution >= 4 is 11.9 Å². The maximum absolute atomic E-state index is 11.4. The number of carbonyl (C=O) groups is 1. The molecule has 0 atom stereocenters. The Morgan fingerprint density at radius 3 is 2.00 bits per heavy atom. The molecule has 0 fully saturated rings. The van der Waals surface area contributed by atoms with Gasteiger partial charge in [0.25, 0.3) is 0 Å². The summed E-state index contributed by atoms with van der Waals surface area (Å²) in [4.78, 5) is 19.5. The fourth-order valence-electron chi connectivity index (χ4n) is 1.16. The van der Waals surface area contributed by atoms with Crippen LogP contribution in [0, 0.1) is 0 Å². The fraction of sp³-hybridized carbons (Fsp3) is 0.737. The van der Waals surface area contributed by atoms with Crippen LogP contribution in [-0.2, 0) is 20.6 Å². The second-order valence-corrected chi connectivity index (χ2v) is 7.00. The number of amides is 1. The van der Waals surface area contributed by atoms with Gasteiger partial charge >= 0.3 is 6.09 Å². The van der Waals surface area contributed by atoms with Gasteiger partial charge in [0.15, 0.2) is 5.82 Å². The van der Waals surface area contributed by atoms with Crippen LogP contribution in [0.2, 0.25) is 0 Å². The predicted octanol–water partition coefficient (Wildman–Crippen LogP) is 4.03. The number of ether oxygens (including phenoxy) is 3. The molecule has 1 rings (SSSR count). The van der Waals surface area contributed by atoms with E-state index in [2.05, 4.69) is 20.0 Å². The van der Waals surface area contributed by atoms with E-state index in [0.29, 0.717) is 11.9 Å². The molecular weight excluding hydrogens is 350 g/mol. The van der Waals surface area contributed by atoms with E-state index in [9.17, 15) is 4.79 Å². The number of aliphatic hydroxyl groups excluding tert-OH is 1. The molecule has 0 bridgehead atoms. The normalized spacial score (nSPS) is 10.5. The van der Waals surface area contributed by atoms with Crippen molar-refractivity contribution in [1.82, 2.24) is 9.97 Å². The molecule has 0 saturated heterocycles. The topological polar surface area (TPSA) is 103 Å². The highest BCUT2D eigenvalue weighted by Gasteiger charge is 2.16. The van der Waals surface area contributed by atoms with Crippen LogP contribution in [-0.4, -0.2) is 52.9 Å². The minimum atomic E-state index is -0.522. The highest BCUT2D eigenvalue weighted by molar-refractivity contribution is 5.83. The number of carbonyl (C=O) groups excluding carboxylic acids is 1. The first kappa shape index (κ1) is 27.4. The van der Waals surface area contributed by atoms with Crippen molar-refractivity contribution in [3.05, 3.63) is 18.1 Å². The molecule has 8 nitrogen and oxygen atoms in total. The lowest BCUT2D eigenvalue weighted by atomic mass is 10.2. The Hall–Kier alpha value is -1.77. The monoisotopic (exact) mass is 389 g/mol. The largest absolute Gasteiger partial charge is 0.444 e. The summed E-state index contributed by atoms with van der Waals surface area (Å²) in [5.41, 5.74) is 0.371. The molecule has 1 heterocycles. The number of methoxy groups -OCH3 is 1. The number of hydrogen-bond acceptors (Lipinski definition) is 7. The first-order valence-corrected chi connectivity index (χ1v) is 9.01. The van der Waals surface area contributed by atoms with Crippen LogP contribution in [0.15, 0.2) is 12.4 Å². The highest BCUT2D eigenvalue weighted by atomic mass is 16.6. The first-order chi connectivity index (χ1) is 12.4. The molecule has 0 radical (unpaired) electrons. The summed E-state index contributed by atoms with van der Waals surface area (Å²) >= 11 is 0. The Bertz CT molecular complexity index is 491. The summed E-state index contributed by atoms with van der Waals surface area (Å²) < 4.78 is 14.4. The van der Waals surface area contributed by atoms with Crippen LogP contribution < -0.4 is 5.32 Å². The third-order valence-electron chi connectivity index (χ3n) is 2.58. The van der Waals surface area contributed by atoms with E-state index < -0.39 is 11.7 Å². The number of nitrogens with zero attached hydrogens (tertiary/aromatic N) is 2. The predicted molar refractivity (Wildman–Crippen MR) is 109 cm³/mol. The van der Waals surface area contributed by atoms with Crippen LogP contribution in [0.3, 0.4) is 0 Å². The maximum Gasteiger partial charge on any atom is 0.413 e. The summed E-state index contributed by atoms with van der Waals surface area (Å²) in [6.07, 6.45) is 3.98. The van der Waals surface area contributed by atoms with Crippen LogP contribution in [0.5, 0.6) is 0 Å². The Balaban J connectivity index is -0.000000434. The van der Waals surface area contributed by atoms with Crippen molar-refractivity contribution in [2.24, 2.45) is 0 Å². The molecule has 27 heavy (non-hydrogen) atoms. The Kier molecular flexibility index (Phi) is 15.6. The average Bonchev–Trinajstić information content (AvgIpc) is 2.54. The molecule has 0 saturated carbocycles. The number of anilines is 1. The number of aryl methyl sites for hydroxylation is 1. The maximum atomic E-state index is 11.4. The molecule has 1 aromatic rings. The van der Waals surface area contributed by atoms with Gasteiger partial charge < -0.3 is 19.3 Å². The van der Waals surface area contributed by atoms with Crippen LogP contribution in [0.1, 0.15) is 62.5 Å². The minimum Gasteiger partial charge on any atom is -0.444 e. The molecule has 0 aliphatic carbocycles. The minimum absolute atomic E-state index is 0. The van der Waals surface area contributed by atoms with Crippen LogP contribution in [0.25, 0.3) is 0 Å². The van der Waals surface area contributed by atoms with Crippen LogP contribution >= 0.6 is 0 Å². The van der Waals surface area contributed by atoms with E-state index in [4.69, 9.17) is 14.6 Å². The summed E-state index contributed by atoms with van der Waals surface area (Å²) in [6.45, 7) is 15.0. The van der Waals surface area contributed by atoms with Gasteiger partial charge in [-0.3, -0.25) is 10.3 Å². The van der Waals surface area contributed by atoms with Gasteiger partial charge in [0, 0.05) is 8.54 Å². The summed E-state index contributed by atoms with van der Waals surface area (Å²) in [5.74, 6) is 0.395. The molecule has 1 amide bonds. The molecule has 160 valence electrons. The lowest BCUT2D eigenvalue weighted by Crippen LogP contribution is -2.27. The van der Waals surface area contributed by atoms with Crippen LogP contribution in [0.4, 0.5) is 10.6 Å². The smallest absolute Gasteiger partial charge is 0.413 e. The lowest BCUT2D eigenvalue weighted by Gasteiger charge is -2.19. The summed E-state index contributed by atoms with van der Waals surface area (Å²) in [5, 5.41) is 10.5. The van der Waals surface area contributed by atoms with E-state index in [0.717, 1.165) is 12.1 Å². The van der Waals surface area contributed by atoms with Crippen molar-refractivity contribution in [3.63, 3.8) is 0 Å². The zero-order valence-electron chi connectivity index (χ0n) is 18.2. The number of hydrogen-bond donors (Lipinski definition) is 2. The molecule has 2 N–H and O–H groups in total. The molecule has 0 spiro atoms. The third kappa shape index (κ3) is 20.4. The van der Waals surface area contributed by atoms with E-state index >= 15 is 0 Å². The Morgan fingerprint density at radius 1 is 1.19 bits per heavy atom. The third-order valence-corrected chi connectivity index (χ3v) is 2.58. The number of aliphatic hydroxyl groups is 1. The molecule has 0 unspecified atom stereocenters. The number of aromatic nitrogens is 2. The van der Waals surface area contributed by atoms with Crippen molar-refractivity contribution in [2.75, 3.05) is 19.2 Å². The molecular formula is C19H39N3O5. The van der Waals surface area contributed by atoms with Gasteiger partial charge in [-0.25, -0.2) is 9.78 Å². The van der Waals surface area contributed by atoms with E-state index in [1.165, 1.54) is 6.20 Å². The molecule has 0 aliphatic heterocycles. The quantitative estimate of drug-likeness (QED) is 0.733. The number of nitrogens with one attached hydrogen (secondary N) is 1. The van der Waals surface area contributed by atoms with E-state index in [-0.39, 0.29) is 14.3 Å². The van der Waals surface area contributed by atoms with E-state index in [1.807, 2.05) is 34.6 Å². The molecule has 0 aromatic carbocycles. The van der Waals surface area contributed by atoms with Crippen molar-refractivity contribution < 1.29 is 25.5 Å². The fourth-order valence-corrected chi connectivity index (χ4v) is 1.16. The second kappa shape index (κ2) is 15.3. The zero-order valence-corrected chi connectivity index (χ0v) is 18.2. The Morgan fingerprint density at radius 2 is 1.74 bits per heavy atom. The standard InChI is InChI=1S/C11H17N3O2.C4H10O2.C4H10O.H2/c1-5-8-6-13-9(7-12-8)14-10(15)16-11(2,3)4;1-4(2)6-3-5;1-4(2)5-3;/h6-7H,5H2,1-4H3,(H,13,14,15);4-5H,3H2,1-2H3;4H,1-3H3;1H. The second-order valence-electron chi connectivity index (χ2n) is 7.00. The molecule has 8 heteroatoms. The Labute approximate surface area is 165 Å².